The molecule has 84 valence electrons. The number of hydrogen-bond acceptors (Lipinski definition) is 1. The smallest absolute Gasteiger partial charge is 0.319 e. The lowest BCUT2D eigenvalue weighted by Crippen LogP contribution is -2.45. The van der Waals surface area contributed by atoms with Crippen LogP contribution in [0.15, 0.2) is 30.3 Å². The highest BCUT2D eigenvalue weighted by Gasteiger charge is 2.61. The number of rotatable bonds is 2. The fourth-order valence-corrected chi connectivity index (χ4v) is 1.05. The van der Waals surface area contributed by atoms with Gasteiger partial charge in [-0.3, -0.25) is 0 Å². The Morgan fingerprint density at radius 3 is 1.80 bits per heavy atom. The zero-order valence-corrected chi connectivity index (χ0v) is 7.43. The molecule has 0 spiro atoms. The standard InChI is InChI=1S/C9H8F5N/c10-8(11,9(12,13)14)7(15)6-4-2-1-3-5-6/h1-5,7H,15H2. The predicted molar refractivity (Wildman–Crippen MR) is 44.4 cm³/mol. The van der Waals surface area contributed by atoms with E-state index in [9.17, 15) is 22.0 Å². The van der Waals surface area contributed by atoms with E-state index >= 15 is 0 Å². The van der Waals surface area contributed by atoms with E-state index in [0.29, 0.717) is 0 Å². The minimum Gasteiger partial charge on any atom is -0.319 e. The Morgan fingerprint density at radius 1 is 0.933 bits per heavy atom. The SMILES string of the molecule is NC(c1ccccc1)C(F)(F)C(F)(F)F. The molecule has 1 atom stereocenters. The minimum absolute atomic E-state index is 0.250. The summed E-state index contributed by atoms with van der Waals surface area (Å²) >= 11 is 0. The van der Waals surface area contributed by atoms with Crippen molar-refractivity contribution in [2.75, 3.05) is 0 Å². The highest BCUT2D eigenvalue weighted by atomic mass is 19.4. The summed E-state index contributed by atoms with van der Waals surface area (Å²) < 4.78 is 61.3. The second-order valence-corrected chi connectivity index (χ2v) is 3.01. The van der Waals surface area contributed by atoms with E-state index in [1.54, 1.807) is 0 Å². The van der Waals surface area contributed by atoms with Gasteiger partial charge in [-0.25, -0.2) is 0 Å². The summed E-state index contributed by atoms with van der Waals surface area (Å²) in [6.45, 7) is 0. The maximum absolute atomic E-state index is 12.8. The fraction of sp³-hybridized carbons (Fsp3) is 0.333. The van der Waals surface area contributed by atoms with Crippen molar-refractivity contribution in [2.45, 2.75) is 18.1 Å². The Balaban J connectivity index is 3.00. The lowest BCUT2D eigenvalue weighted by Gasteiger charge is -2.25. The minimum atomic E-state index is -5.64. The molecule has 0 bridgehead atoms. The molecule has 0 saturated carbocycles. The highest BCUT2D eigenvalue weighted by Crippen LogP contribution is 2.43. The van der Waals surface area contributed by atoms with E-state index in [1.165, 1.54) is 18.2 Å². The predicted octanol–water partition coefficient (Wildman–Crippen LogP) is 2.88. The van der Waals surface area contributed by atoms with Gasteiger partial charge in [-0.05, 0) is 5.56 Å². The summed E-state index contributed by atoms with van der Waals surface area (Å²) in [5, 5.41) is 0. The Kier molecular flexibility index (Phi) is 2.99. The van der Waals surface area contributed by atoms with Crippen LogP contribution < -0.4 is 5.73 Å². The molecule has 1 nitrogen and oxygen atoms in total. The topological polar surface area (TPSA) is 26.0 Å². The van der Waals surface area contributed by atoms with Crippen LogP contribution in [0.3, 0.4) is 0 Å². The van der Waals surface area contributed by atoms with Crippen LogP contribution in [0.25, 0.3) is 0 Å². The summed E-state index contributed by atoms with van der Waals surface area (Å²) in [4.78, 5) is 0. The first-order valence-corrected chi connectivity index (χ1v) is 4.02. The summed E-state index contributed by atoms with van der Waals surface area (Å²) in [5.74, 6) is -4.92. The van der Waals surface area contributed by atoms with Gasteiger partial charge in [0.15, 0.2) is 0 Å². The maximum Gasteiger partial charge on any atom is 0.455 e. The molecule has 0 aliphatic rings. The van der Waals surface area contributed by atoms with Crippen LogP contribution in [0.1, 0.15) is 11.6 Å². The van der Waals surface area contributed by atoms with Gasteiger partial charge in [0.25, 0.3) is 0 Å². The number of hydrogen-bond donors (Lipinski definition) is 1. The molecule has 0 aliphatic heterocycles. The number of halogens is 5. The normalized spacial score (nSPS) is 15.1. The first kappa shape index (κ1) is 11.9. The van der Waals surface area contributed by atoms with Crippen LogP contribution in [-0.4, -0.2) is 12.1 Å². The van der Waals surface area contributed by atoms with Crippen molar-refractivity contribution in [2.24, 2.45) is 5.73 Å². The molecule has 0 radical (unpaired) electrons. The third-order valence-corrected chi connectivity index (χ3v) is 1.93. The fourth-order valence-electron chi connectivity index (χ4n) is 1.05. The second kappa shape index (κ2) is 3.77. The molecule has 0 fully saturated rings. The van der Waals surface area contributed by atoms with Crippen molar-refractivity contribution >= 4 is 0 Å². The van der Waals surface area contributed by atoms with Crippen LogP contribution in [0, 0.1) is 0 Å². The maximum atomic E-state index is 12.8. The first-order valence-electron chi connectivity index (χ1n) is 4.02. The molecule has 15 heavy (non-hydrogen) atoms. The Morgan fingerprint density at radius 2 is 1.40 bits per heavy atom. The number of alkyl halides is 5. The van der Waals surface area contributed by atoms with Gasteiger partial charge in [0, 0.05) is 0 Å². The molecule has 0 amide bonds. The lowest BCUT2D eigenvalue weighted by molar-refractivity contribution is -0.291. The molecule has 0 aromatic heterocycles. The third-order valence-electron chi connectivity index (χ3n) is 1.93. The van der Waals surface area contributed by atoms with Crippen LogP contribution in [0.5, 0.6) is 0 Å². The van der Waals surface area contributed by atoms with E-state index in [1.807, 2.05) is 0 Å². The van der Waals surface area contributed by atoms with Gasteiger partial charge in [0.1, 0.15) is 6.04 Å². The highest BCUT2D eigenvalue weighted by molar-refractivity contribution is 5.21. The van der Waals surface area contributed by atoms with Gasteiger partial charge in [-0.15, -0.1) is 0 Å². The molecule has 0 aliphatic carbocycles. The van der Waals surface area contributed by atoms with Crippen LogP contribution in [0.4, 0.5) is 22.0 Å². The molecule has 0 heterocycles. The van der Waals surface area contributed by atoms with Crippen molar-refractivity contribution in [3.63, 3.8) is 0 Å². The Hall–Kier alpha value is -1.17. The molecule has 1 aromatic carbocycles. The molecular weight excluding hydrogens is 217 g/mol. The summed E-state index contributed by atoms with van der Waals surface area (Å²) in [7, 11) is 0. The molecule has 6 heteroatoms. The third kappa shape index (κ3) is 2.26. The lowest BCUT2D eigenvalue weighted by atomic mass is 10.0. The molecular formula is C9H8F5N. The van der Waals surface area contributed by atoms with Gasteiger partial charge < -0.3 is 5.73 Å². The average Bonchev–Trinajstić information content (AvgIpc) is 2.16. The largest absolute Gasteiger partial charge is 0.455 e. The van der Waals surface area contributed by atoms with Gasteiger partial charge in [0.05, 0.1) is 0 Å². The summed E-state index contributed by atoms with van der Waals surface area (Å²) in [6, 6.07) is 4.08. The van der Waals surface area contributed by atoms with E-state index in [2.05, 4.69) is 0 Å². The first-order chi connectivity index (χ1) is 6.77. The van der Waals surface area contributed by atoms with Gasteiger partial charge in [-0.2, -0.15) is 22.0 Å². The number of nitrogens with two attached hydrogens (primary N) is 1. The van der Waals surface area contributed by atoms with Crippen molar-refractivity contribution in [1.29, 1.82) is 0 Å². The zero-order chi connectivity index (χ0) is 11.7. The van der Waals surface area contributed by atoms with Crippen molar-refractivity contribution < 1.29 is 22.0 Å². The van der Waals surface area contributed by atoms with Gasteiger partial charge in [0.2, 0.25) is 0 Å². The molecule has 1 unspecified atom stereocenters. The van der Waals surface area contributed by atoms with E-state index < -0.39 is 18.1 Å². The van der Waals surface area contributed by atoms with E-state index in [0.717, 1.165) is 12.1 Å². The molecule has 1 aromatic rings. The molecule has 1 rings (SSSR count). The van der Waals surface area contributed by atoms with Crippen LogP contribution >= 0.6 is 0 Å². The van der Waals surface area contributed by atoms with E-state index in [4.69, 9.17) is 5.73 Å². The van der Waals surface area contributed by atoms with Crippen LogP contribution in [-0.2, 0) is 0 Å². The Labute approximate surface area is 82.7 Å². The van der Waals surface area contributed by atoms with Gasteiger partial charge >= 0.3 is 12.1 Å². The molecule has 2 N–H and O–H groups in total. The second-order valence-electron chi connectivity index (χ2n) is 3.01. The quantitative estimate of drug-likeness (QED) is 0.769. The van der Waals surface area contributed by atoms with Gasteiger partial charge in [-0.1, -0.05) is 30.3 Å². The van der Waals surface area contributed by atoms with Crippen LogP contribution in [0.2, 0.25) is 0 Å². The average molecular weight is 225 g/mol. The zero-order valence-electron chi connectivity index (χ0n) is 7.43. The van der Waals surface area contributed by atoms with Crippen molar-refractivity contribution in [3.05, 3.63) is 35.9 Å². The van der Waals surface area contributed by atoms with E-state index in [-0.39, 0.29) is 5.56 Å². The summed E-state index contributed by atoms with van der Waals surface area (Å²) in [5.41, 5.74) is 4.64. The van der Waals surface area contributed by atoms with Crippen molar-refractivity contribution in [3.8, 4) is 0 Å². The number of benzene rings is 1. The monoisotopic (exact) mass is 225 g/mol. The summed E-state index contributed by atoms with van der Waals surface area (Å²) in [6.07, 6.45) is -5.64. The Bertz CT molecular complexity index is 319. The molecule has 0 saturated heterocycles. The van der Waals surface area contributed by atoms with Crippen molar-refractivity contribution in [1.82, 2.24) is 0 Å².